The van der Waals surface area contributed by atoms with Gasteiger partial charge >= 0.3 is 0 Å². The van der Waals surface area contributed by atoms with Gasteiger partial charge in [0, 0.05) is 18.0 Å². The van der Waals surface area contributed by atoms with E-state index in [1.165, 1.54) is 10.6 Å². The van der Waals surface area contributed by atoms with Crippen molar-refractivity contribution in [3.8, 4) is 6.07 Å². The number of nitrogens with zero attached hydrogens (tertiary/aromatic N) is 2. The number of hydrogen-bond donors (Lipinski definition) is 1. The minimum absolute atomic E-state index is 0.0282. The first kappa shape index (κ1) is 13.6. The van der Waals surface area contributed by atoms with Crippen LogP contribution in [0.4, 0.5) is 5.69 Å². The second-order valence-corrected chi connectivity index (χ2v) is 4.25. The molecule has 0 fully saturated rings. The molecule has 1 amide bonds. The van der Waals surface area contributed by atoms with Gasteiger partial charge in [0.25, 0.3) is 5.56 Å². The fourth-order valence-corrected chi connectivity index (χ4v) is 1.74. The van der Waals surface area contributed by atoms with Crippen molar-refractivity contribution in [2.24, 2.45) is 0 Å². The lowest BCUT2D eigenvalue weighted by molar-refractivity contribution is -0.116. The fourth-order valence-electron chi connectivity index (χ4n) is 1.74. The summed E-state index contributed by atoms with van der Waals surface area (Å²) >= 11 is 0. The minimum atomic E-state index is -0.272. The summed E-state index contributed by atoms with van der Waals surface area (Å²) in [7, 11) is 0. The van der Waals surface area contributed by atoms with E-state index in [4.69, 9.17) is 5.26 Å². The van der Waals surface area contributed by atoms with Crippen molar-refractivity contribution >= 4 is 11.6 Å². The summed E-state index contributed by atoms with van der Waals surface area (Å²) in [6.07, 6.45) is 1.91. The Morgan fingerprint density at radius 3 is 2.60 bits per heavy atom. The predicted octanol–water partition coefficient (Wildman–Crippen LogP) is 1.55. The van der Waals surface area contributed by atoms with E-state index in [2.05, 4.69) is 11.4 Å². The molecule has 5 heteroatoms. The highest BCUT2D eigenvalue weighted by Crippen LogP contribution is 2.09. The Morgan fingerprint density at radius 2 is 1.95 bits per heavy atom. The molecule has 1 aromatic carbocycles. The second-order valence-electron chi connectivity index (χ2n) is 4.25. The Balaban J connectivity index is 2.00. The van der Waals surface area contributed by atoms with Crippen molar-refractivity contribution in [2.45, 2.75) is 13.0 Å². The number of nitriles is 1. The van der Waals surface area contributed by atoms with Crippen LogP contribution in [-0.2, 0) is 17.8 Å². The second kappa shape index (κ2) is 6.34. The average molecular weight is 267 g/mol. The van der Waals surface area contributed by atoms with Gasteiger partial charge in [0.15, 0.2) is 0 Å². The van der Waals surface area contributed by atoms with Gasteiger partial charge in [0.05, 0.1) is 12.5 Å². The zero-order chi connectivity index (χ0) is 14.4. The molecule has 0 aliphatic heterocycles. The monoisotopic (exact) mass is 267 g/mol. The molecule has 0 saturated carbocycles. The Kier molecular flexibility index (Phi) is 4.30. The van der Waals surface area contributed by atoms with Crippen molar-refractivity contribution < 1.29 is 4.79 Å². The maximum absolute atomic E-state index is 11.8. The highest BCUT2D eigenvalue weighted by molar-refractivity contribution is 5.90. The third-order valence-electron chi connectivity index (χ3n) is 2.73. The molecule has 5 nitrogen and oxygen atoms in total. The molecule has 0 aliphatic carbocycles. The Morgan fingerprint density at radius 1 is 1.20 bits per heavy atom. The maximum atomic E-state index is 11.8. The van der Waals surface area contributed by atoms with Crippen LogP contribution in [0.15, 0.2) is 53.5 Å². The first-order valence-corrected chi connectivity index (χ1v) is 6.10. The third-order valence-corrected chi connectivity index (χ3v) is 2.73. The fraction of sp³-hybridized carbons (Fsp3) is 0.133. The number of aromatic nitrogens is 1. The van der Waals surface area contributed by atoms with E-state index in [1.807, 2.05) is 0 Å². The maximum Gasteiger partial charge on any atom is 0.250 e. The lowest BCUT2D eigenvalue weighted by Gasteiger charge is -2.07. The van der Waals surface area contributed by atoms with Gasteiger partial charge in [-0.25, -0.2) is 0 Å². The van der Waals surface area contributed by atoms with Crippen molar-refractivity contribution in [2.75, 3.05) is 5.32 Å². The molecule has 0 saturated heterocycles. The molecule has 0 spiro atoms. The quantitative estimate of drug-likeness (QED) is 0.913. The largest absolute Gasteiger partial charge is 0.325 e. The van der Waals surface area contributed by atoms with E-state index in [1.54, 1.807) is 42.6 Å². The number of nitrogens with one attached hydrogen (secondary N) is 1. The van der Waals surface area contributed by atoms with Gasteiger partial charge in [-0.3, -0.25) is 9.59 Å². The highest BCUT2D eigenvalue weighted by Gasteiger charge is 2.04. The van der Waals surface area contributed by atoms with Crippen LogP contribution < -0.4 is 10.9 Å². The number of amides is 1. The summed E-state index contributed by atoms with van der Waals surface area (Å²) < 4.78 is 1.33. The molecular formula is C15H13N3O2. The van der Waals surface area contributed by atoms with Crippen LogP contribution in [0.5, 0.6) is 0 Å². The molecule has 1 N–H and O–H groups in total. The number of pyridine rings is 1. The number of benzene rings is 1. The number of carbonyl (C=O) groups excluding carboxylic acids is 1. The zero-order valence-corrected chi connectivity index (χ0v) is 10.7. The molecule has 20 heavy (non-hydrogen) atoms. The van der Waals surface area contributed by atoms with E-state index in [-0.39, 0.29) is 18.0 Å². The summed E-state index contributed by atoms with van der Waals surface area (Å²) in [4.78, 5) is 23.3. The number of carbonyl (C=O) groups is 1. The SMILES string of the molecule is N#CCc1ccc(NC(=O)Cn2ccccc2=O)cc1. The Bertz CT molecular complexity index is 696. The molecule has 2 rings (SSSR count). The van der Waals surface area contributed by atoms with Crippen LogP contribution in [0, 0.1) is 11.3 Å². The van der Waals surface area contributed by atoms with Gasteiger partial charge in [-0.2, -0.15) is 5.26 Å². The number of anilines is 1. The van der Waals surface area contributed by atoms with Crippen LogP contribution in [0.25, 0.3) is 0 Å². The van der Waals surface area contributed by atoms with Gasteiger partial charge in [-0.05, 0) is 23.8 Å². The molecule has 0 aliphatic rings. The Hall–Kier alpha value is -2.87. The van der Waals surface area contributed by atoms with Gasteiger partial charge in [0.2, 0.25) is 5.91 Å². The topological polar surface area (TPSA) is 74.9 Å². The minimum Gasteiger partial charge on any atom is -0.325 e. The normalized spacial score (nSPS) is 9.75. The Labute approximate surface area is 116 Å². The molecular weight excluding hydrogens is 254 g/mol. The standard InChI is InChI=1S/C15H13N3O2/c16-9-8-12-4-6-13(7-5-12)17-14(19)11-18-10-2-1-3-15(18)20/h1-7,10H,8,11H2,(H,17,19). The summed E-state index contributed by atoms with van der Waals surface area (Å²) in [5, 5.41) is 11.3. The lowest BCUT2D eigenvalue weighted by Crippen LogP contribution is -2.26. The summed E-state index contributed by atoms with van der Waals surface area (Å²) in [6.45, 7) is -0.0282. The van der Waals surface area contributed by atoms with E-state index < -0.39 is 0 Å². The summed E-state index contributed by atoms with van der Waals surface area (Å²) in [6, 6.07) is 13.8. The molecule has 0 atom stereocenters. The molecule has 1 heterocycles. The van der Waals surface area contributed by atoms with Crippen molar-refractivity contribution in [3.05, 3.63) is 64.6 Å². The van der Waals surface area contributed by atoms with Gasteiger partial charge in [-0.15, -0.1) is 0 Å². The van der Waals surface area contributed by atoms with E-state index in [0.29, 0.717) is 12.1 Å². The molecule has 100 valence electrons. The predicted molar refractivity (Wildman–Crippen MR) is 75.1 cm³/mol. The third kappa shape index (κ3) is 3.56. The first-order chi connectivity index (χ1) is 9.69. The average Bonchev–Trinajstić information content (AvgIpc) is 2.44. The summed E-state index contributed by atoms with van der Waals surface area (Å²) in [5.74, 6) is -0.272. The molecule has 1 aromatic heterocycles. The van der Waals surface area contributed by atoms with Crippen molar-refractivity contribution in [3.63, 3.8) is 0 Å². The van der Waals surface area contributed by atoms with Gasteiger partial charge in [-0.1, -0.05) is 18.2 Å². The zero-order valence-electron chi connectivity index (χ0n) is 10.7. The lowest BCUT2D eigenvalue weighted by atomic mass is 10.1. The molecule has 0 unspecified atom stereocenters. The molecule has 0 bridgehead atoms. The first-order valence-electron chi connectivity index (χ1n) is 6.10. The van der Waals surface area contributed by atoms with Crippen LogP contribution in [0.1, 0.15) is 5.56 Å². The van der Waals surface area contributed by atoms with Crippen molar-refractivity contribution in [1.82, 2.24) is 4.57 Å². The van der Waals surface area contributed by atoms with Gasteiger partial charge in [0.1, 0.15) is 6.54 Å². The van der Waals surface area contributed by atoms with Crippen LogP contribution in [0.3, 0.4) is 0 Å². The molecule has 2 aromatic rings. The van der Waals surface area contributed by atoms with E-state index >= 15 is 0 Å². The van der Waals surface area contributed by atoms with E-state index in [0.717, 1.165) is 5.56 Å². The van der Waals surface area contributed by atoms with Crippen molar-refractivity contribution in [1.29, 1.82) is 5.26 Å². The van der Waals surface area contributed by atoms with Crippen LogP contribution in [0.2, 0.25) is 0 Å². The van der Waals surface area contributed by atoms with Crippen LogP contribution in [-0.4, -0.2) is 10.5 Å². The number of rotatable bonds is 4. The van der Waals surface area contributed by atoms with Crippen LogP contribution >= 0.6 is 0 Å². The molecule has 0 radical (unpaired) electrons. The van der Waals surface area contributed by atoms with Gasteiger partial charge < -0.3 is 9.88 Å². The van der Waals surface area contributed by atoms with E-state index in [9.17, 15) is 9.59 Å². The highest BCUT2D eigenvalue weighted by atomic mass is 16.2. The smallest absolute Gasteiger partial charge is 0.250 e. The number of hydrogen-bond acceptors (Lipinski definition) is 3. The summed E-state index contributed by atoms with van der Waals surface area (Å²) in [5.41, 5.74) is 1.32.